The van der Waals surface area contributed by atoms with E-state index in [1.165, 1.54) is 18.2 Å². The predicted molar refractivity (Wildman–Crippen MR) is 136 cm³/mol. The summed E-state index contributed by atoms with van der Waals surface area (Å²) in [5, 5.41) is 0.572. The molecule has 3 heterocycles. The molecule has 38 heavy (non-hydrogen) atoms. The number of nitrogens with one attached hydrogen (secondary N) is 1. The first-order chi connectivity index (χ1) is 18.1. The summed E-state index contributed by atoms with van der Waals surface area (Å²) >= 11 is 0. The fourth-order valence-electron chi connectivity index (χ4n) is 5.88. The lowest BCUT2D eigenvalue weighted by Gasteiger charge is -2.34. The average Bonchev–Trinajstić information content (AvgIpc) is 3.49. The zero-order valence-corrected chi connectivity index (χ0v) is 21.2. The molecule has 2 fully saturated rings. The van der Waals surface area contributed by atoms with E-state index < -0.39 is 11.7 Å². The molecule has 9 heteroatoms. The maximum Gasteiger partial charge on any atom is 0.416 e. The number of benzene rings is 2. The van der Waals surface area contributed by atoms with Gasteiger partial charge in [0.25, 0.3) is 5.91 Å². The van der Waals surface area contributed by atoms with Gasteiger partial charge in [-0.05, 0) is 94.6 Å². The summed E-state index contributed by atoms with van der Waals surface area (Å²) < 4.78 is 52.5. The van der Waals surface area contributed by atoms with Crippen molar-refractivity contribution >= 4 is 22.6 Å². The molecule has 202 valence electrons. The molecule has 0 radical (unpaired) electrons. The van der Waals surface area contributed by atoms with Crippen LogP contribution in [0.5, 0.6) is 0 Å². The van der Waals surface area contributed by atoms with Crippen LogP contribution in [0.25, 0.3) is 10.9 Å². The van der Waals surface area contributed by atoms with Crippen LogP contribution in [0.3, 0.4) is 0 Å². The van der Waals surface area contributed by atoms with Gasteiger partial charge in [-0.2, -0.15) is 13.2 Å². The van der Waals surface area contributed by atoms with Gasteiger partial charge in [-0.3, -0.25) is 9.59 Å². The molecule has 3 aromatic rings. The van der Waals surface area contributed by atoms with Gasteiger partial charge in [0.15, 0.2) is 5.78 Å². The van der Waals surface area contributed by atoms with Crippen molar-refractivity contribution in [3.8, 4) is 0 Å². The lowest BCUT2D eigenvalue weighted by molar-refractivity contribution is -0.137. The summed E-state index contributed by atoms with van der Waals surface area (Å²) in [6.45, 7) is 4.39. The zero-order valence-electron chi connectivity index (χ0n) is 21.2. The van der Waals surface area contributed by atoms with E-state index in [0.717, 1.165) is 63.9 Å². The van der Waals surface area contributed by atoms with Crippen LogP contribution < -0.4 is 0 Å². The highest BCUT2D eigenvalue weighted by Crippen LogP contribution is 2.33. The van der Waals surface area contributed by atoms with Crippen molar-refractivity contribution in [2.75, 3.05) is 19.6 Å². The van der Waals surface area contributed by atoms with Crippen LogP contribution in [0.1, 0.15) is 65.4 Å². The third kappa shape index (κ3) is 5.48. The Bertz CT molecular complexity index is 1310. The Balaban J connectivity index is 1.18. The van der Waals surface area contributed by atoms with Crippen molar-refractivity contribution in [2.24, 2.45) is 5.92 Å². The molecule has 0 spiro atoms. The second-order valence-corrected chi connectivity index (χ2v) is 10.6. The molecule has 5 nitrogen and oxygen atoms in total. The Labute approximate surface area is 218 Å². The second kappa shape index (κ2) is 10.5. The summed E-state index contributed by atoms with van der Waals surface area (Å²) in [6.07, 6.45) is -0.399. The third-order valence-corrected chi connectivity index (χ3v) is 8.07. The lowest BCUT2D eigenvalue weighted by Crippen LogP contribution is -2.43. The molecule has 2 atom stereocenters. The van der Waals surface area contributed by atoms with Gasteiger partial charge in [0, 0.05) is 41.0 Å². The first-order valence-electron chi connectivity index (χ1n) is 13.1. The second-order valence-electron chi connectivity index (χ2n) is 10.6. The van der Waals surface area contributed by atoms with Crippen LogP contribution in [0, 0.1) is 11.7 Å². The minimum atomic E-state index is -4.44. The number of carbonyl (C=O) groups is 2. The van der Waals surface area contributed by atoms with Crippen molar-refractivity contribution in [1.82, 2.24) is 14.8 Å². The highest BCUT2D eigenvalue weighted by atomic mass is 19.4. The van der Waals surface area contributed by atoms with Gasteiger partial charge in [-0.15, -0.1) is 0 Å². The number of hydrogen-bond donors (Lipinski definition) is 1. The quantitative estimate of drug-likeness (QED) is 0.301. The summed E-state index contributed by atoms with van der Waals surface area (Å²) in [6, 6.07) is 10.9. The molecule has 2 saturated heterocycles. The standard InChI is InChI=1S/C29H31F4N3O2/c1-18-2-9-24(12-15-35-13-10-20(11-14-35)27(37)19-4-7-23(30)8-5-19)36(18)28(38)26-16-21-3-6-22(29(31,32)33)17-25(21)34-26/h3-8,16-18,20,24,34H,2,9-15H2,1H3/t18-,24-/m0/s1. The highest BCUT2D eigenvalue weighted by molar-refractivity contribution is 5.99. The number of H-pyrrole nitrogens is 1. The van der Waals surface area contributed by atoms with Crippen molar-refractivity contribution < 1.29 is 27.2 Å². The number of Topliss-reactive ketones (excluding diaryl/α,β-unsaturated/α-hetero) is 1. The highest BCUT2D eigenvalue weighted by Gasteiger charge is 2.36. The van der Waals surface area contributed by atoms with E-state index >= 15 is 0 Å². The Morgan fingerprint density at radius 2 is 1.68 bits per heavy atom. The number of carbonyl (C=O) groups excluding carboxylic acids is 2. The number of ketones is 1. The van der Waals surface area contributed by atoms with E-state index in [4.69, 9.17) is 0 Å². The minimum Gasteiger partial charge on any atom is -0.351 e. The van der Waals surface area contributed by atoms with Crippen LogP contribution in [-0.4, -0.2) is 58.2 Å². The van der Waals surface area contributed by atoms with Crippen LogP contribution in [-0.2, 0) is 6.18 Å². The molecular weight excluding hydrogens is 498 g/mol. The zero-order chi connectivity index (χ0) is 27.0. The van der Waals surface area contributed by atoms with E-state index in [1.54, 1.807) is 18.2 Å². The molecule has 0 aliphatic carbocycles. The lowest BCUT2D eigenvalue weighted by atomic mass is 9.88. The number of halogens is 4. The number of fused-ring (bicyclic) bond motifs is 1. The van der Waals surface area contributed by atoms with E-state index in [-0.39, 0.29) is 35.5 Å². The van der Waals surface area contributed by atoms with E-state index in [0.29, 0.717) is 22.2 Å². The Morgan fingerprint density at radius 3 is 2.37 bits per heavy atom. The summed E-state index contributed by atoms with van der Waals surface area (Å²) in [7, 11) is 0. The first kappa shape index (κ1) is 26.4. The molecule has 2 aliphatic rings. The van der Waals surface area contributed by atoms with E-state index in [2.05, 4.69) is 9.88 Å². The van der Waals surface area contributed by atoms with Gasteiger partial charge < -0.3 is 14.8 Å². The fraction of sp³-hybridized carbons (Fsp3) is 0.448. The van der Waals surface area contributed by atoms with Crippen molar-refractivity contribution in [1.29, 1.82) is 0 Å². The normalized spacial score (nSPS) is 21.3. The molecule has 0 saturated carbocycles. The number of amides is 1. The van der Waals surface area contributed by atoms with Crippen LogP contribution in [0.15, 0.2) is 48.5 Å². The first-order valence-corrected chi connectivity index (χ1v) is 13.1. The molecular formula is C29H31F4N3O2. The largest absolute Gasteiger partial charge is 0.416 e. The molecule has 1 aromatic heterocycles. The number of hydrogen-bond acceptors (Lipinski definition) is 3. The Morgan fingerprint density at radius 1 is 0.974 bits per heavy atom. The van der Waals surface area contributed by atoms with Gasteiger partial charge in [0.05, 0.1) is 5.56 Å². The minimum absolute atomic E-state index is 0.0451. The molecule has 2 aliphatic heterocycles. The molecule has 1 amide bonds. The van der Waals surface area contributed by atoms with Crippen molar-refractivity contribution in [3.63, 3.8) is 0 Å². The summed E-state index contributed by atoms with van der Waals surface area (Å²) in [5.74, 6) is -0.550. The maximum absolute atomic E-state index is 13.4. The SMILES string of the molecule is C[C@H]1CC[C@@H](CCN2CCC(C(=O)c3ccc(F)cc3)CC2)N1C(=O)c1cc2ccc(C(F)(F)F)cc2[nH]1. The van der Waals surface area contributed by atoms with Gasteiger partial charge in [0.2, 0.25) is 0 Å². The van der Waals surface area contributed by atoms with Gasteiger partial charge >= 0.3 is 6.18 Å². The van der Waals surface area contributed by atoms with Gasteiger partial charge in [-0.25, -0.2) is 4.39 Å². The molecule has 5 rings (SSSR count). The maximum atomic E-state index is 13.4. The van der Waals surface area contributed by atoms with Gasteiger partial charge in [-0.1, -0.05) is 6.07 Å². The third-order valence-electron chi connectivity index (χ3n) is 8.07. The van der Waals surface area contributed by atoms with Crippen LogP contribution in [0.4, 0.5) is 17.6 Å². The summed E-state index contributed by atoms with van der Waals surface area (Å²) in [4.78, 5) is 33.3. The Kier molecular flexibility index (Phi) is 7.31. The summed E-state index contributed by atoms with van der Waals surface area (Å²) in [5.41, 5.74) is 0.398. The number of likely N-dealkylation sites (tertiary alicyclic amines) is 2. The number of piperidine rings is 1. The fourth-order valence-corrected chi connectivity index (χ4v) is 5.88. The number of rotatable bonds is 6. The van der Waals surface area contributed by atoms with Gasteiger partial charge in [0.1, 0.15) is 11.5 Å². The number of nitrogens with zero attached hydrogens (tertiary/aromatic N) is 2. The Hall–Kier alpha value is -3.20. The van der Waals surface area contributed by atoms with Crippen LogP contribution in [0.2, 0.25) is 0 Å². The van der Waals surface area contributed by atoms with Crippen LogP contribution >= 0.6 is 0 Å². The van der Waals surface area contributed by atoms with E-state index in [1.807, 2.05) is 11.8 Å². The smallest absolute Gasteiger partial charge is 0.351 e. The van der Waals surface area contributed by atoms with E-state index in [9.17, 15) is 27.2 Å². The average molecular weight is 530 g/mol. The number of aromatic nitrogens is 1. The predicted octanol–water partition coefficient (Wildman–Crippen LogP) is 6.30. The number of aromatic amines is 1. The number of alkyl halides is 3. The van der Waals surface area contributed by atoms with Crippen molar-refractivity contribution in [2.45, 2.75) is 57.3 Å². The topological polar surface area (TPSA) is 56.4 Å². The molecule has 2 aromatic carbocycles. The molecule has 0 bridgehead atoms. The molecule has 0 unspecified atom stereocenters. The monoisotopic (exact) mass is 529 g/mol. The van der Waals surface area contributed by atoms with Crippen molar-refractivity contribution in [3.05, 3.63) is 71.2 Å². The molecule has 1 N–H and O–H groups in total.